The number of hydrogen-bond donors (Lipinski definition) is 5. The van der Waals surface area contributed by atoms with Gasteiger partial charge in [0.25, 0.3) is 0 Å². The molecule has 65 heavy (non-hydrogen) atoms. The number of hydrogen-bond acceptors (Lipinski definition) is 9. The van der Waals surface area contributed by atoms with E-state index in [0.29, 0.717) is 12.0 Å². The summed E-state index contributed by atoms with van der Waals surface area (Å²) >= 11 is 0. The lowest BCUT2D eigenvalue weighted by molar-refractivity contribution is -0.302. The number of carbonyl (C=O) groups is 2. The average molecular weight is 914 g/mol. The Morgan fingerprint density at radius 2 is 1.05 bits per heavy atom. The highest BCUT2D eigenvalue weighted by molar-refractivity contribution is 5.89. The van der Waals surface area contributed by atoms with Gasteiger partial charge >= 0.3 is 5.97 Å². The Balaban J connectivity index is 1.85. The van der Waals surface area contributed by atoms with E-state index < -0.39 is 55.4 Å². The van der Waals surface area contributed by atoms with Gasteiger partial charge in [-0.1, -0.05) is 204 Å². The van der Waals surface area contributed by atoms with Crippen molar-refractivity contribution in [1.29, 1.82) is 0 Å². The normalized spacial score (nSPS) is 19.8. The molecule has 0 radical (unpaired) electrons. The van der Waals surface area contributed by atoms with Crippen LogP contribution in [0.2, 0.25) is 0 Å². The number of nitrogens with one attached hydrogen (secondary N) is 1. The van der Waals surface area contributed by atoms with Crippen molar-refractivity contribution in [2.24, 2.45) is 0 Å². The highest BCUT2D eigenvalue weighted by Crippen LogP contribution is 2.23. The van der Waals surface area contributed by atoms with Gasteiger partial charge < -0.3 is 40.0 Å². The Kier molecular flexibility index (Phi) is 36.4. The van der Waals surface area contributed by atoms with Crippen LogP contribution in [0.25, 0.3) is 0 Å². The van der Waals surface area contributed by atoms with Crippen molar-refractivity contribution in [2.45, 2.75) is 262 Å². The number of allylic oxidation sites excluding steroid dienone is 3. The van der Waals surface area contributed by atoms with Crippen LogP contribution in [0.4, 0.5) is 0 Å². The molecule has 10 heteroatoms. The Bertz CT molecular complexity index is 1320. The molecule has 1 aromatic rings. The van der Waals surface area contributed by atoms with Crippen molar-refractivity contribution in [3.63, 3.8) is 0 Å². The highest BCUT2D eigenvalue weighted by Gasteiger charge is 2.44. The van der Waals surface area contributed by atoms with Gasteiger partial charge in [-0.05, 0) is 63.2 Å². The molecule has 0 aliphatic carbocycles. The minimum atomic E-state index is -1.61. The van der Waals surface area contributed by atoms with Crippen LogP contribution >= 0.6 is 0 Å². The van der Waals surface area contributed by atoms with E-state index in [2.05, 4.69) is 31.3 Å². The Labute approximate surface area is 395 Å². The standard InChI is InChI=1S/C55H95NO9/c1-3-5-7-9-11-13-15-17-18-19-20-21-22-23-24-26-28-30-32-34-39-43-50(58)56-47(45-63-55-53(61)52(60)51(59)49(44-57)65-55)48(64-54(62)46-40-36-35-37-41-46)42-38-33-31-29-27-25-16-14-12-10-8-6-4-2/h17-18,35-38,40-42,47-49,51-53,55,57,59-61H,3-16,19-34,39,43-45H2,1-2H3,(H,56,58)/b18-17-,42-38+/t47-,48+,49+,51-,52-,53+,55-/m0/s1. The maximum atomic E-state index is 13.5. The second-order valence-corrected chi connectivity index (χ2v) is 18.6. The Morgan fingerprint density at radius 3 is 1.52 bits per heavy atom. The van der Waals surface area contributed by atoms with E-state index >= 15 is 0 Å². The number of esters is 1. The molecule has 1 saturated heterocycles. The van der Waals surface area contributed by atoms with Crippen LogP contribution < -0.4 is 5.32 Å². The molecule has 1 fully saturated rings. The molecule has 7 atom stereocenters. The number of aliphatic hydroxyl groups excluding tert-OH is 4. The van der Waals surface area contributed by atoms with Crippen LogP contribution in [0.5, 0.6) is 0 Å². The predicted octanol–water partition coefficient (Wildman–Crippen LogP) is 12.1. The lowest BCUT2D eigenvalue weighted by Crippen LogP contribution is -2.60. The average Bonchev–Trinajstić information content (AvgIpc) is 3.31. The van der Waals surface area contributed by atoms with E-state index in [1.807, 2.05) is 12.1 Å². The number of carbonyl (C=O) groups excluding carboxylic acids is 2. The lowest BCUT2D eigenvalue weighted by Gasteiger charge is -2.40. The zero-order valence-corrected chi connectivity index (χ0v) is 41.1. The zero-order valence-electron chi connectivity index (χ0n) is 41.1. The molecule has 0 saturated carbocycles. The summed E-state index contributed by atoms with van der Waals surface area (Å²) in [5.74, 6) is -0.760. The molecule has 1 amide bonds. The first-order chi connectivity index (χ1) is 31.8. The summed E-state index contributed by atoms with van der Waals surface area (Å²) in [6.07, 6.45) is 38.6. The molecule has 1 aromatic carbocycles. The minimum Gasteiger partial charge on any atom is -0.452 e. The number of benzene rings is 1. The topological polar surface area (TPSA) is 155 Å². The largest absolute Gasteiger partial charge is 0.452 e. The van der Waals surface area contributed by atoms with E-state index in [1.54, 1.807) is 30.3 Å². The van der Waals surface area contributed by atoms with Crippen molar-refractivity contribution in [3.8, 4) is 0 Å². The number of aliphatic hydroxyl groups is 4. The molecule has 0 unspecified atom stereocenters. The molecule has 1 aliphatic rings. The van der Waals surface area contributed by atoms with E-state index in [4.69, 9.17) is 14.2 Å². The fourth-order valence-corrected chi connectivity index (χ4v) is 8.50. The number of unbranched alkanes of at least 4 members (excludes halogenated alkanes) is 28. The van der Waals surface area contributed by atoms with Gasteiger partial charge in [-0.25, -0.2) is 4.79 Å². The zero-order chi connectivity index (χ0) is 47.0. The molecule has 0 spiro atoms. The third-order valence-corrected chi connectivity index (χ3v) is 12.7. The third-order valence-electron chi connectivity index (χ3n) is 12.7. The van der Waals surface area contributed by atoms with Gasteiger partial charge in [-0.3, -0.25) is 4.79 Å². The van der Waals surface area contributed by atoms with Gasteiger partial charge in [0, 0.05) is 6.42 Å². The number of amides is 1. The Morgan fingerprint density at radius 1 is 0.600 bits per heavy atom. The fourth-order valence-electron chi connectivity index (χ4n) is 8.50. The van der Waals surface area contributed by atoms with Crippen LogP contribution in [0, 0.1) is 0 Å². The first-order valence-corrected chi connectivity index (χ1v) is 26.6. The molecule has 0 aromatic heterocycles. The monoisotopic (exact) mass is 914 g/mol. The van der Waals surface area contributed by atoms with Gasteiger partial charge in [0.05, 0.1) is 24.8 Å². The van der Waals surface area contributed by atoms with Gasteiger partial charge in [0.15, 0.2) is 6.29 Å². The van der Waals surface area contributed by atoms with Crippen molar-refractivity contribution in [2.75, 3.05) is 13.2 Å². The van der Waals surface area contributed by atoms with E-state index in [-0.39, 0.29) is 12.5 Å². The van der Waals surface area contributed by atoms with Gasteiger partial charge in [-0.2, -0.15) is 0 Å². The summed E-state index contributed by atoms with van der Waals surface area (Å²) in [6, 6.07) is 7.82. The first-order valence-electron chi connectivity index (χ1n) is 26.6. The maximum absolute atomic E-state index is 13.5. The fraction of sp³-hybridized carbons (Fsp3) is 0.782. The summed E-state index contributed by atoms with van der Waals surface area (Å²) in [4.78, 5) is 26.9. The van der Waals surface area contributed by atoms with Crippen molar-refractivity contribution < 1.29 is 44.2 Å². The molecule has 374 valence electrons. The van der Waals surface area contributed by atoms with Crippen molar-refractivity contribution >= 4 is 11.9 Å². The number of rotatable bonds is 42. The smallest absolute Gasteiger partial charge is 0.338 e. The molecule has 1 heterocycles. The van der Waals surface area contributed by atoms with Gasteiger partial charge in [0.1, 0.15) is 30.5 Å². The Hall–Kier alpha value is -2.60. The molecular formula is C55H95NO9. The maximum Gasteiger partial charge on any atom is 0.338 e. The summed E-state index contributed by atoms with van der Waals surface area (Å²) in [6.45, 7) is 3.68. The van der Waals surface area contributed by atoms with E-state index in [9.17, 15) is 30.0 Å². The summed E-state index contributed by atoms with van der Waals surface area (Å²) in [5, 5.41) is 44.1. The second-order valence-electron chi connectivity index (χ2n) is 18.6. The molecule has 1 aliphatic heterocycles. The van der Waals surface area contributed by atoms with Crippen LogP contribution in [-0.2, 0) is 19.0 Å². The van der Waals surface area contributed by atoms with Gasteiger partial charge in [0.2, 0.25) is 5.91 Å². The summed E-state index contributed by atoms with van der Waals surface area (Å²) in [7, 11) is 0. The van der Waals surface area contributed by atoms with Crippen LogP contribution in [0.1, 0.15) is 230 Å². The third kappa shape index (κ3) is 29.0. The minimum absolute atomic E-state index is 0.208. The quantitative estimate of drug-likeness (QED) is 0.0245. The first kappa shape index (κ1) is 58.5. The van der Waals surface area contributed by atoms with Crippen LogP contribution in [0.3, 0.4) is 0 Å². The predicted molar refractivity (Wildman–Crippen MR) is 265 cm³/mol. The second kappa shape index (κ2) is 40.5. The summed E-state index contributed by atoms with van der Waals surface area (Å²) in [5.41, 5.74) is 0.369. The van der Waals surface area contributed by atoms with Crippen molar-refractivity contribution in [1.82, 2.24) is 5.32 Å². The van der Waals surface area contributed by atoms with E-state index in [0.717, 1.165) is 44.9 Å². The van der Waals surface area contributed by atoms with E-state index in [1.165, 1.54) is 154 Å². The lowest BCUT2D eigenvalue weighted by atomic mass is 9.99. The summed E-state index contributed by atoms with van der Waals surface area (Å²) < 4.78 is 17.6. The SMILES string of the molecule is CCCCCCCC/C=C\CCCCCCCCCCCCCC(=O)N[C@@H](CO[C@H]1O[C@H](CO)[C@H](O)[C@H](O)[C@H]1O)[C@@H](/C=C/CCCCCCCCCCCCC)OC(=O)c1ccccc1. The molecular weight excluding hydrogens is 819 g/mol. The van der Waals surface area contributed by atoms with Crippen LogP contribution in [0.15, 0.2) is 54.6 Å². The molecule has 2 rings (SSSR count). The van der Waals surface area contributed by atoms with Gasteiger partial charge in [-0.15, -0.1) is 0 Å². The number of ether oxygens (including phenoxy) is 3. The molecule has 0 bridgehead atoms. The molecule has 5 N–H and O–H groups in total. The van der Waals surface area contributed by atoms with Crippen molar-refractivity contribution in [3.05, 3.63) is 60.2 Å². The highest BCUT2D eigenvalue weighted by atomic mass is 16.7. The van der Waals surface area contributed by atoms with Crippen LogP contribution in [-0.4, -0.2) is 88.4 Å². The molecule has 10 nitrogen and oxygen atoms in total.